The molecule has 2 N–H and O–H groups in total. The first kappa shape index (κ1) is 11.0. The van der Waals surface area contributed by atoms with Crippen LogP contribution in [0.5, 0.6) is 0 Å². The Morgan fingerprint density at radius 3 is 2.88 bits per heavy atom. The van der Waals surface area contributed by atoms with Crippen LogP contribution in [0.3, 0.4) is 0 Å². The minimum Gasteiger partial charge on any atom is -0.336 e. The summed E-state index contributed by atoms with van der Waals surface area (Å²) in [5.41, 5.74) is 0.0974. The molecule has 1 aromatic rings. The first-order valence-corrected chi connectivity index (χ1v) is 5.11. The molecule has 1 aliphatic rings. The summed E-state index contributed by atoms with van der Waals surface area (Å²) < 4.78 is 13.4. The predicted molar refractivity (Wildman–Crippen MR) is 56.0 cm³/mol. The van der Waals surface area contributed by atoms with Crippen LogP contribution in [0.2, 0.25) is 0 Å². The largest absolute Gasteiger partial charge is 0.336 e. The highest BCUT2D eigenvalue weighted by Gasteiger charge is 2.28. The minimum atomic E-state index is -0.496. The number of carbonyl (C=O) groups excluding carboxylic acids is 1. The molecule has 0 aliphatic carbocycles. The first-order valence-electron chi connectivity index (χ1n) is 5.11. The number of benzene rings is 1. The molecule has 1 heterocycles. The maximum Gasteiger partial charge on any atom is 0.256 e. The van der Waals surface area contributed by atoms with E-state index in [4.69, 9.17) is 5.90 Å². The summed E-state index contributed by atoms with van der Waals surface area (Å²) in [7, 11) is 0. The van der Waals surface area contributed by atoms with Crippen molar-refractivity contribution in [3.63, 3.8) is 0 Å². The molecule has 1 atom stereocenters. The quantitative estimate of drug-likeness (QED) is 0.760. The van der Waals surface area contributed by atoms with E-state index in [9.17, 15) is 9.18 Å². The Kier molecular flexibility index (Phi) is 3.17. The normalized spacial score (nSPS) is 20.1. The fraction of sp³-hybridized carbons (Fsp3) is 0.364. The molecule has 1 aliphatic heterocycles. The average molecular weight is 224 g/mol. The van der Waals surface area contributed by atoms with Crippen LogP contribution >= 0.6 is 0 Å². The smallest absolute Gasteiger partial charge is 0.256 e. The summed E-state index contributed by atoms with van der Waals surface area (Å²) in [5, 5.41) is 0. The van der Waals surface area contributed by atoms with Crippen molar-refractivity contribution < 1.29 is 14.0 Å². The van der Waals surface area contributed by atoms with E-state index in [-0.39, 0.29) is 17.6 Å². The second-order valence-electron chi connectivity index (χ2n) is 3.78. The zero-order valence-corrected chi connectivity index (χ0v) is 8.73. The van der Waals surface area contributed by atoms with Gasteiger partial charge in [-0.2, -0.15) is 0 Å². The highest BCUT2D eigenvalue weighted by atomic mass is 19.1. The molecule has 2 rings (SSSR count). The third-order valence-corrected chi connectivity index (χ3v) is 2.73. The van der Waals surface area contributed by atoms with E-state index in [1.165, 1.54) is 12.1 Å². The average Bonchev–Trinajstić information content (AvgIpc) is 2.77. The second kappa shape index (κ2) is 4.59. The Balaban J connectivity index is 2.12. The molecule has 5 heteroatoms. The Bertz CT molecular complexity index is 397. The molecule has 1 unspecified atom stereocenters. The number of hydrogen-bond acceptors (Lipinski definition) is 3. The molecule has 86 valence electrons. The van der Waals surface area contributed by atoms with Crippen molar-refractivity contribution in [2.75, 3.05) is 13.1 Å². The SMILES string of the molecule is NOC1CCN(C(=O)c2ccccc2F)C1. The van der Waals surface area contributed by atoms with Gasteiger partial charge in [-0.25, -0.2) is 10.3 Å². The maximum atomic E-state index is 13.4. The van der Waals surface area contributed by atoms with Gasteiger partial charge in [-0.05, 0) is 18.6 Å². The number of rotatable bonds is 2. The Morgan fingerprint density at radius 2 is 2.25 bits per heavy atom. The zero-order valence-electron chi connectivity index (χ0n) is 8.73. The fourth-order valence-corrected chi connectivity index (χ4v) is 1.83. The van der Waals surface area contributed by atoms with Gasteiger partial charge in [0.15, 0.2) is 0 Å². The second-order valence-corrected chi connectivity index (χ2v) is 3.78. The highest BCUT2D eigenvalue weighted by Crippen LogP contribution is 2.16. The van der Waals surface area contributed by atoms with Crippen LogP contribution in [0.1, 0.15) is 16.8 Å². The minimum absolute atomic E-state index is 0.0974. The van der Waals surface area contributed by atoms with Gasteiger partial charge in [-0.3, -0.25) is 9.63 Å². The van der Waals surface area contributed by atoms with Crippen LogP contribution < -0.4 is 5.90 Å². The van der Waals surface area contributed by atoms with Gasteiger partial charge in [0.05, 0.1) is 11.7 Å². The van der Waals surface area contributed by atoms with Crippen LogP contribution in [0.4, 0.5) is 4.39 Å². The lowest BCUT2D eigenvalue weighted by Crippen LogP contribution is -2.31. The van der Waals surface area contributed by atoms with E-state index in [1.54, 1.807) is 17.0 Å². The van der Waals surface area contributed by atoms with E-state index in [0.717, 1.165) is 0 Å². The summed E-state index contributed by atoms with van der Waals surface area (Å²) in [6, 6.07) is 5.96. The van der Waals surface area contributed by atoms with Gasteiger partial charge in [0, 0.05) is 13.1 Å². The van der Waals surface area contributed by atoms with Gasteiger partial charge >= 0.3 is 0 Å². The maximum absolute atomic E-state index is 13.4. The highest BCUT2D eigenvalue weighted by molar-refractivity contribution is 5.94. The molecule has 16 heavy (non-hydrogen) atoms. The van der Waals surface area contributed by atoms with Gasteiger partial charge < -0.3 is 4.90 Å². The zero-order chi connectivity index (χ0) is 11.5. The molecule has 0 radical (unpaired) electrons. The van der Waals surface area contributed by atoms with Gasteiger partial charge in [-0.1, -0.05) is 12.1 Å². The number of halogens is 1. The van der Waals surface area contributed by atoms with Crippen molar-refractivity contribution >= 4 is 5.91 Å². The summed E-state index contributed by atoms with van der Waals surface area (Å²) in [5.74, 6) is 4.25. The van der Waals surface area contributed by atoms with E-state index in [0.29, 0.717) is 19.5 Å². The standard InChI is InChI=1S/C11H13FN2O2/c12-10-4-2-1-3-9(10)11(15)14-6-5-8(7-14)16-13/h1-4,8H,5-7,13H2. The molecule has 1 amide bonds. The van der Waals surface area contributed by atoms with Crippen LogP contribution in [0.25, 0.3) is 0 Å². The third-order valence-electron chi connectivity index (χ3n) is 2.73. The molecule has 1 saturated heterocycles. The molecule has 0 spiro atoms. The van der Waals surface area contributed by atoms with Crippen molar-refractivity contribution in [3.8, 4) is 0 Å². The fourth-order valence-electron chi connectivity index (χ4n) is 1.83. The Morgan fingerprint density at radius 1 is 1.50 bits per heavy atom. The topological polar surface area (TPSA) is 55.6 Å². The summed E-state index contributed by atoms with van der Waals surface area (Å²) in [4.78, 5) is 18.1. The summed E-state index contributed by atoms with van der Waals surface area (Å²) in [6.45, 7) is 0.971. The number of nitrogens with two attached hydrogens (primary N) is 1. The molecular formula is C11H13FN2O2. The molecule has 0 bridgehead atoms. The number of likely N-dealkylation sites (tertiary alicyclic amines) is 1. The number of hydrogen-bond donors (Lipinski definition) is 1. The Hall–Kier alpha value is -1.46. The van der Waals surface area contributed by atoms with Crippen molar-refractivity contribution in [1.82, 2.24) is 4.90 Å². The monoisotopic (exact) mass is 224 g/mol. The van der Waals surface area contributed by atoms with E-state index >= 15 is 0 Å². The Labute approximate surface area is 92.7 Å². The summed E-state index contributed by atoms with van der Waals surface area (Å²) in [6.07, 6.45) is 0.548. The van der Waals surface area contributed by atoms with Crippen molar-refractivity contribution in [2.45, 2.75) is 12.5 Å². The lowest BCUT2D eigenvalue weighted by atomic mass is 10.2. The third kappa shape index (κ3) is 2.05. The van der Waals surface area contributed by atoms with Gasteiger partial charge in [0.25, 0.3) is 5.91 Å². The molecule has 1 aromatic carbocycles. The lowest BCUT2D eigenvalue weighted by molar-refractivity contribution is 0.0536. The van der Waals surface area contributed by atoms with Crippen LogP contribution in [0, 0.1) is 5.82 Å². The van der Waals surface area contributed by atoms with Crippen LogP contribution in [-0.4, -0.2) is 30.0 Å². The van der Waals surface area contributed by atoms with Crippen LogP contribution in [0.15, 0.2) is 24.3 Å². The van der Waals surface area contributed by atoms with Crippen molar-refractivity contribution in [3.05, 3.63) is 35.6 Å². The van der Waals surface area contributed by atoms with Crippen LogP contribution in [-0.2, 0) is 4.84 Å². The predicted octanol–water partition coefficient (Wildman–Crippen LogP) is 0.930. The summed E-state index contributed by atoms with van der Waals surface area (Å²) >= 11 is 0. The molecule has 1 fully saturated rings. The number of carbonyl (C=O) groups is 1. The van der Waals surface area contributed by atoms with E-state index < -0.39 is 5.82 Å². The molecule has 4 nitrogen and oxygen atoms in total. The van der Waals surface area contributed by atoms with Gasteiger partial charge in [0.1, 0.15) is 5.82 Å². The molecule has 0 saturated carbocycles. The number of amides is 1. The van der Waals surface area contributed by atoms with E-state index in [2.05, 4.69) is 4.84 Å². The molecule has 0 aromatic heterocycles. The molecular weight excluding hydrogens is 211 g/mol. The van der Waals surface area contributed by atoms with E-state index in [1.807, 2.05) is 0 Å². The van der Waals surface area contributed by atoms with Gasteiger partial charge in [-0.15, -0.1) is 0 Å². The number of nitrogens with zero attached hydrogens (tertiary/aromatic N) is 1. The van der Waals surface area contributed by atoms with Gasteiger partial charge in [0.2, 0.25) is 0 Å². The lowest BCUT2D eigenvalue weighted by Gasteiger charge is -2.16. The first-order chi connectivity index (χ1) is 7.72. The van der Waals surface area contributed by atoms with Crippen molar-refractivity contribution in [2.24, 2.45) is 5.90 Å². The van der Waals surface area contributed by atoms with Crippen molar-refractivity contribution in [1.29, 1.82) is 0 Å².